The maximum Gasteiger partial charge on any atom is 0.224 e. The van der Waals surface area contributed by atoms with Gasteiger partial charge in [0.05, 0.1) is 5.92 Å². The molecule has 4 unspecified atom stereocenters. The molecule has 0 bridgehead atoms. The highest BCUT2D eigenvalue weighted by Crippen LogP contribution is 2.29. The SMILES string of the molecule is CC1CCCCC1CNC(=O)C1CCCCC1N. The summed E-state index contributed by atoms with van der Waals surface area (Å²) in [6.45, 7) is 3.19. The Labute approximate surface area is 111 Å². The van der Waals surface area contributed by atoms with Gasteiger partial charge in [0, 0.05) is 12.6 Å². The summed E-state index contributed by atoms with van der Waals surface area (Å²) in [6, 6.07) is 0.0857. The fourth-order valence-corrected chi connectivity index (χ4v) is 3.54. The summed E-state index contributed by atoms with van der Waals surface area (Å²) < 4.78 is 0. The summed E-state index contributed by atoms with van der Waals surface area (Å²) in [4.78, 5) is 12.2. The van der Waals surface area contributed by atoms with Crippen LogP contribution in [0.2, 0.25) is 0 Å². The topological polar surface area (TPSA) is 55.1 Å². The Hall–Kier alpha value is -0.570. The minimum absolute atomic E-state index is 0.0673. The van der Waals surface area contributed by atoms with Gasteiger partial charge >= 0.3 is 0 Å². The maximum atomic E-state index is 12.2. The summed E-state index contributed by atoms with van der Waals surface area (Å²) in [5.74, 6) is 1.72. The van der Waals surface area contributed by atoms with Crippen molar-refractivity contribution < 1.29 is 4.79 Å². The third kappa shape index (κ3) is 3.47. The molecule has 0 spiro atoms. The summed E-state index contributed by atoms with van der Waals surface area (Å²) in [5.41, 5.74) is 6.06. The summed E-state index contributed by atoms with van der Waals surface area (Å²) in [6.07, 6.45) is 9.62. The van der Waals surface area contributed by atoms with Crippen LogP contribution in [0.5, 0.6) is 0 Å². The van der Waals surface area contributed by atoms with Crippen molar-refractivity contribution >= 4 is 5.91 Å². The van der Waals surface area contributed by atoms with Crippen LogP contribution in [0.25, 0.3) is 0 Å². The van der Waals surface area contributed by atoms with Crippen LogP contribution in [0, 0.1) is 17.8 Å². The standard InChI is InChI=1S/C15H28N2O/c1-11-6-2-3-7-12(11)10-17-15(18)13-8-4-5-9-14(13)16/h11-14H,2-10,16H2,1H3,(H,17,18). The van der Waals surface area contributed by atoms with Crippen molar-refractivity contribution in [1.29, 1.82) is 0 Å². The molecule has 3 nitrogen and oxygen atoms in total. The van der Waals surface area contributed by atoms with E-state index in [9.17, 15) is 4.79 Å². The van der Waals surface area contributed by atoms with Gasteiger partial charge in [0.25, 0.3) is 0 Å². The Morgan fingerprint density at radius 3 is 2.50 bits per heavy atom. The number of amides is 1. The van der Waals surface area contributed by atoms with Gasteiger partial charge in [-0.2, -0.15) is 0 Å². The molecule has 2 aliphatic rings. The van der Waals surface area contributed by atoms with Gasteiger partial charge in [-0.3, -0.25) is 4.79 Å². The molecular formula is C15H28N2O. The van der Waals surface area contributed by atoms with Crippen LogP contribution in [0.1, 0.15) is 58.3 Å². The van der Waals surface area contributed by atoms with Crippen LogP contribution >= 0.6 is 0 Å². The van der Waals surface area contributed by atoms with Crippen molar-refractivity contribution in [2.24, 2.45) is 23.5 Å². The van der Waals surface area contributed by atoms with E-state index in [1.165, 1.54) is 32.1 Å². The Kier molecular flexibility index (Phi) is 5.04. The molecule has 0 radical (unpaired) electrons. The molecule has 0 saturated heterocycles. The second-order valence-corrected chi connectivity index (χ2v) is 6.32. The fraction of sp³-hybridized carbons (Fsp3) is 0.933. The van der Waals surface area contributed by atoms with Gasteiger partial charge in [0.2, 0.25) is 5.91 Å². The molecule has 2 saturated carbocycles. The van der Waals surface area contributed by atoms with E-state index in [1.807, 2.05) is 0 Å². The lowest BCUT2D eigenvalue weighted by Crippen LogP contribution is -2.45. The van der Waals surface area contributed by atoms with Crippen LogP contribution in [0.15, 0.2) is 0 Å². The predicted octanol–water partition coefficient (Wildman–Crippen LogP) is 2.45. The first-order chi connectivity index (χ1) is 8.68. The quantitative estimate of drug-likeness (QED) is 0.810. The number of hydrogen-bond acceptors (Lipinski definition) is 2. The molecule has 4 atom stereocenters. The van der Waals surface area contributed by atoms with Gasteiger partial charge in [-0.15, -0.1) is 0 Å². The van der Waals surface area contributed by atoms with E-state index in [0.29, 0.717) is 5.92 Å². The normalized spacial score (nSPS) is 37.2. The number of rotatable bonds is 3. The summed E-state index contributed by atoms with van der Waals surface area (Å²) in [7, 11) is 0. The van der Waals surface area contributed by atoms with Crippen molar-refractivity contribution in [3.8, 4) is 0 Å². The second-order valence-electron chi connectivity index (χ2n) is 6.32. The molecular weight excluding hydrogens is 224 g/mol. The van der Waals surface area contributed by atoms with Gasteiger partial charge in [-0.1, -0.05) is 39.0 Å². The molecule has 3 N–H and O–H groups in total. The third-order valence-electron chi connectivity index (χ3n) is 4.98. The summed E-state index contributed by atoms with van der Waals surface area (Å²) >= 11 is 0. The average molecular weight is 252 g/mol. The van der Waals surface area contributed by atoms with Crippen LogP contribution in [0.3, 0.4) is 0 Å². The maximum absolute atomic E-state index is 12.2. The van der Waals surface area contributed by atoms with Crippen LogP contribution in [-0.4, -0.2) is 18.5 Å². The second kappa shape index (κ2) is 6.55. The third-order valence-corrected chi connectivity index (χ3v) is 4.98. The molecule has 0 aromatic heterocycles. The van der Waals surface area contributed by atoms with Gasteiger partial charge in [-0.25, -0.2) is 0 Å². The van der Waals surface area contributed by atoms with Gasteiger partial charge < -0.3 is 11.1 Å². The van der Waals surface area contributed by atoms with Crippen molar-refractivity contribution in [3.05, 3.63) is 0 Å². The zero-order chi connectivity index (χ0) is 13.0. The Morgan fingerprint density at radius 1 is 1.11 bits per heavy atom. The molecule has 18 heavy (non-hydrogen) atoms. The Bertz CT molecular complexity index is 280. The van der Waals surface area contributed by atoms with E-state index >= 15 is 0 Å². The molecule has 104 valence electrons. The fourth-order valence-electron chi connectivity index (χ4n) is 3.54. The van der Waals surface area contributed by atoms with Crippen molar-refractivity contribution in [2.45, 2.75) is 64.3 Å². The highest BCUT2D eigenvalue weighted by atomic mass is 16.1. The minimum Gasteiger partial charge on any atom is -0.356 e. The van der Waals surface area contributed by atoms with Gasteiger partial charge in [0.1, 0.15) is 0 Å². The van der Waals surface area contributed by atoms with E-state index < -0.39 is 0 Å². The predicted molar refractivity (Wildman–Crippen MR) is 74.1 cm³/mol. The molecule has 0 aromatic carbocycles. The Morgan fingerprint density at radius 2 is 1.78 bits per heavy atom. The van der Waals surface area contributed by atoms with Gasteiger partial charge in [0.15, 0.2) is 0 Å². The molecule has 2 aliphatic carbocycles. The highest BCUT2D eigenvalue weighted by Gasteiger charge is 2.29. The van der Waals surface area contributed by atoms with Crippen LogP contribution < -0.4 is 11.1 Å². The smallest absolute Gasteiger partial charge is 0.224 e. The van der Waals surface area contributed by atoms with Crippen LogP contribution in [-0.2, 0) is 4.79 Å². The number of carbonyl (C=O) groups is 1. The lowest BCUT2D eigenvalue weighted by molar-refractivity contribution is -0.126. The number of carbonyl (C=O) groups excluding carboxylic acids is 1. The number of nitrogens with two attached hydrogens (primary N) is 1. The van der Waals surface area contributed by atoms with E-state index in [1.54, 1.807) is 0 Å². The van der Waals surface area contributed by atoms with Crippen molar-refractivity contribution in [2.75, 3.05) is 6.54 Å². The first-order valence-electron chi connectivity index (χ1n) is 7.71. The van der Waals surface area contributed by atoms with Crippen molar-refractivity contribution in [1.82, 2.24) is 5.32 Å². The first kappa shape index (κ1) is 13.9. The van der Waals surface area contributed by atoms with Crippen molar-refractivity contribution in [3.63, 3.8) is 0 Å². The molecule has 2 fully saturated rings. The largest absolute Gasteiger partial charge is 0.356 e. The van der Waals surface area contributed by atoms with E-state index in [0.717, 1.165) is 31.7 Å². The molecule has 2 rings (SSSR count). The lowest BCUT2D eigenvalue weighted by atomic mass is 9.80. The highest BCUT2D eigenvalue weighted by molar-refractivity contribution is 5.79. The molecule has 0 heterocycles. The summed E-state index contributed by atoms with van der Waals surface area (Å²) in [5, 5.41) is 3.16. The van der Waals surface area contributed by atoms with E-state index in [-0.39, 0.29) is 17.9 Å². The number of hydrogen-bond donors (Lipinski definition) is 2. The molecule has 0 aliphatic heterocycles. The van der Waals surface area contributed by atoms with E-state index in [2.05, 4.69) is 12.2 Å². The van der Waals surface area contributed by atoms with Gasteiger partial charge in [-0.05, 0) is 31.1 Å². The molecule has 3 heteroatoms. The van der Waals surface area contributed by atoms with Crippen LogP contribution in [0.4, 0.5) is 0 Å². The minimum atomic E-state index is 0.0673. The Balaban J connectivity index is 1.76. The molecule has 0 aromatic rings. The average Bonchev–Trinajstić information content (AvgIpc) is 2.38. The zero-order valence-corrected chi connectivity index (χ0v) is 11.7. The monoisotopic (exact) mass is 252 g/mol. The molecule has 1 amide bonds. The zero-order valence-electron chi connectivity index (χ0n) is 11.7. The first-order valence-corrected chi connectivity index (χ1v) is 7.71. The number of nitrogens with one attached hydrogen (secondary N) is 1. The van der Waals surface area contributed by atoms with E-state index in [4.69, 9.17) is 5.73 Å². The lowest BCUT2D eigenvalue weighted by Gasteiger charge is -2.31.